The lowest BCUT2D eigenvalue weighted by molar-refractivity contribution is -0.116. The van der Waals surface area contributed by atoms with Crippen LogP contribution >= 0.6 is 11.6 Å². The molecule has 0 aliphatic heterocycles. The molecular formula is C12H11ClN4O2. The Morgan fingerprint density at radius 2 is 2.16 bits per heavy atom. The normalized spacial score (nSPS) is 10.2. The van der Waals surface area contributed by atoms with Gasteiger partial charge in [0.15, 0.2) is 0 Å². The molecule has 0 saturated carbocycles. The molecule has 0 aliphatic rings. The van der Waals surface area contributed by atoms with Crippen LogP contribution in [0, 0.1) is 0 Å². The number of nitrogen functional groups attached to an aromatic ring is 1. The molecule has 3 N–H and O–H groups in total. The number of nitrogens with zero attached hydrogens (tertiary/aromatic N) is 2. The average Bonchev–Trinajstić information content (AvgIpc) is 2.37. The highest BCUT2D eigenvalue weighted by atomic mass is 35.5. The van der Waals surface area contributed by atoms with Gasteiger partial charge in [0.1, 0.15) is 6.54 Å². The number of benzene rings is 1. The van der Waals surface area contributed by atoms with Crippen molar-refractivity contribution in [1.82, 2.24) is 9.55 Å². The number of nitrogens with one attached hydrogen (secondary N) is 1. The smallest absolute Gasteiger partial charge is 0.348 e. The molecule has 7 heteroatoms. The third-order valence-electron chi connectivity index (χ3n) is 2.37. The van der Waals surface area contributed by atoms with Crippen molar-refractivity contribution in [3.05, 3.63) is 52.2 Å². The first-order valence-electron chi connectivity index (χ1n) is 5.42. The zero-order chi connectivity index (χ0) is 13.8. The summed E-state index contributed by atoms with van der Waals surface area (Å²) in [5.41, 5.74) is 6.11. The minimum atomic E-state index is -0.541. The third-order valence-corrected chi connectivity index (χ3v) is 2.57. The fourth-order valence-electron chi connectivity index (χ4n) is 1.50. The van der Waals surface area contributed by atoms with Crippen molar-refractivity contribution in [2.24, 2.45) is 0 Å². The van der Waals surface area contributed by atoms with Crippen LogP contribution in [0.2, 0.25) is 5.02 Å². The lowest BCUT2D eigenvalue weighted by atomic mass is 10.2. The molecule has 2 aromatic rings. The average molecular weight is 279 g/mol. The Hall–Kier alpha value is -2.34. The number of hydrogen-bond donors (Lipinski definition) is 2. The van der Waals surface area contributed by atoms with Gasteiger partial charge < -0.3 is 11.1 Å². The van der Waals surface area contributed by atoms with E-state index in [9.17, 15) is 9.59 Å². The van der Waals surface area contributed by atoms with Crippen LogP contribution in [0.5, 0.6) is 0 Å². The van der Waals surface area contributed by atoms with Gasteiger partial charge in [0.25, 0.3) is 0 Å². The van der Waals surface area contributed by atoms with E-state index in [2.05, 4.69) is 10.3 Å². The first kappa shape index (κ1) is 13.1. The van der Waals surface area contributed by atoms with Crippen LogP contribution in [0.3, 0.4) is 0 Å². The van der Waals surface area contributed by atoms with E-state index in [0.29, 0.717) is 11.4 Å². The molecule has 0 radical (unpaired) electrons. The molecule has 0 fully saturated rings. The fraction of sp³-hybridized carbons (Fsp3) is 0.0833. The summed E-state index contributed by atoms with van der Waals surface area (Å²) in [5, 5.41) is 2.89. The highest BCUT2D eigenvalue weighted by Crippen LogP contribution is 2.16. The SMILES string of the molecule is Nc1ccccc1NC(=O)Cn1cc(Cl)cnc1=O. The van der Waals surface area contributed by atoms with Gasteiger partial charge >= 0.3 is 5.69 Å². The molecule has 0 saturated heterocycles. The summed E-state index contributed by atoms with van der Waals surface area (Å²) in [6.45, 7) is -0.180. The lowest BCUT2D eigenvalue weighted by Crippen LogP contribution is -2.28. The Bertz CT molecular complexity index is 669. The summed E-state index contributed by atoms with van der Waals surface area (Å²) in [5.74, 6) is -0.385. The number of anilines is 2. The van der Waals surface area contributed by atoms with E-state index in [1.807, 2.05) is 0 Å². The minimum Gasteiger partial charge on any atom is -0.397 e. The van der Waals surface area contributed by atoms with Crippen molar-refractivity contribution >= 4 is 28.9 Å². The van der Waals surface area contributed by atoms with Crippen LogP contribution in [-0.2, 0) is 11.3 Å². The van der Waals surface area contributed by atoms with Gasteiger partial charge in [-0.2, -0.15) is 0 Å². The van der Waals surface area contributed by atoms with Gasteiger partial charge in [0.2, 0.25) is 5.91 Å². The maximum absolute atomic E-state index is 11.8. The summed E-state index contributed by atoms with van der Waals surface area (Å²) in [6, 6.07) is 6.85. The Morgan fingerprint density at radius 3 is 2.89 bits per heavy atom. The van der Waals surface area contributed by atoms with Gasteiger partial charge in [-0.05, 0) is 12.1 Å². The predicted octanol–water partition coefficient (Wildman–Crippen LogP) is 1.12. The van der Waals surface area contributed by atoms with E-state index >= 15 is 0 Å². The molecule has 0 bridgehead atoms. The first-order chi connectivity index (χ1) is 9.06. The molecule has 19 heavy (non-hydrogen) atoms. The number of halogens is 1. The van der Waals surface area contributed by atoms with Crippen molar-refractivity contribution in [2.45, 2.75) is 6.54 Å². The Labute approximate surface area is 113 Å². The molecular weight excluding hydrogens is 268 g/mol. The van der Waals surface area contributed by atoms with E-state index in [1.165, 1.54) is 12.4 Å². The fourth-order valence-corrected chi connectivity index (χ4v) is 1.66. The monoisotopic (exact) mass is 278 g/mol. The molecule has 1 aromatic carbocycles. The standard InChI is InChI=1S/C12H11ClN4O2/c13-8-5-15-12(19)17(6-8)7-11(18)16-10-4-2-1-3-9(10)14/h1-6H,7,14H2,(H,16,18). The number of carbonyl (C=O) groups is 1. The molecule has 6 nitrogen and oxygen atoms in total. The number of carbonyl (C=O) groups excluding carboxylic acids is 1. The van der Waals surface area contributed by atoms with E-state index < -0.39 is 5.69 Å². The zero-order valence-corrected chi connectivity index (χ0v) is 10.6. The van der Waals surface area contributed by atoms with Crippen molar-refractivity contribution in [3.63, 3.8) is 0 Å². The van der Waals surface area contributed by atoms with Gasteiger partial charge in [-0.15, -0.1) is 0 Å². The number of amides is 1. The number of nitrogens with two attached hydrogens (primary N) is 1. The second kappa shape index (κ2) is 5.53. The van der Waals surface area contributed by atoms with Gasteiger partial charge in [-0.3, -0.25) is 9.36 Å². The van der Waals surface area contributed by atoms with E-state index in [0.717, 1.165) is 4.57 Å². The number of rotatable bonds is 3. The van der Waals surface area contributed by atoms with E-state index in [-0.39, 0.29) is 17.5 Å². The molecule has 1 aromatic heterocycles. The summed E-state index contributed by atoms with van der Waals surface area (Å²) in [6.07, 6.45) is 2.58. The summed E-state index contributed by atoms with van der Waals surface area (Å²) < 4.78 is 1.12. The van der Waals surface area contributed by atoms with E-state index in [4.69, 9.17) is 17.3 Å². The van der Waals surface area contributed by atoms with Crippen LogP contribution in [0.1, 0.15) is 0 Å². The van der Waals surface area contributed by atoms with Gasteiger partial charge in [0, 0.05) is 6.20 Å². The molecule has 1 amide bonds. The lowest BCUT2D eigenvalue weighted by Gasteiger charge is -2.08. The van der Waals surface area contributed by atoms with Crippen molar-refractivity contribution < 1.29 is 4.79 Å². The maximum Gasteiger partial charge on any atom is 0.348 e. The van der Waals surface area contributed by atoms with E-state index in [1.54, 1.807) is 24.3 Å². The second-order valence-electron chi connectivity index (χ2n) is 3.82. The molecule has 0 spiro atoms. The van der Waals surface area contributed by atoms with Crippen LogP contribution in [0.25, 0.3) is 0 Å². The van der Waals surface area contributed by atoms with Crippen LogP contribution in [0.15, 0.2) is 41.5 Å². The van der Waals surface area contributed by atoms with Crippen molar-refractivity contribution in [1.29, 1.82) is 0 Å². The van der Waals surface area contributed by atoms with Crippen LogP contribution < -0.4 is 16.7 Å². The quantitative estimate of drug-likeness (QED) is 0.823. The number of hydrogen-bond acceptors (Lipinski definition) is 4. The predicted molar refractivity (Wildman–Crippen MR) is 73.0 cm³/mol. The Kier molecular flexibility index (Phi) is 3.82. The van der Waals surface area contributed by atoms with Gasteiger partial charge in [0.05, 0.1) is 22.6 Å². The van der Waals surface area contributed by atoms with Gasteiger partial charge in [-0.25, -0.2) is 9.78 Å². The molecule has 0 aliphatic carbocycles. The summed E-state index contributed by atoms with van der Waals surface area (Å²) in [7, 11) is 0. The topological polar surface area (TPSA) is 90.0 Å². The number of para-hydroxylation sites is 2. The Balaban J connectivity index is 2.12. The minimum absolute atomic E-state index is 0.180. The van der Waals surface area contributed by atoms with Gasteiger partial charge in [-0.1, -0.05) is 23.7 Å². The maximum atomic E-state index is 11.8. The van der Waals surface area contributed by atoms with Crippen LogP contribution in [-0.4, -0.2) is 15.5 Å². The third kappa shape index (κ3) is 3.32. The Morgan fingerprint density at radius 1 is 1.42 bits per heavy atom. The highest BCUT2D eigenvalue weighted by molar-refractivity contribution is 6.30. The van der Waals surface area contributed by atoms with Crippen molar-refractivity contribution in [2.75, 3.05) is 11.1 Å². The molecule has 0 atom stereocenters. The molecule has 2 rings (SSSR count). The van der Waals surface area contributed by atoms with Crippen LogP contribution in [0.4, 0.5) is 11.4 Å². The summed E-state index contributed by atoms with van der Waals surface area (Å²) in [4.78, 5) is 26.7. The molecule has 1 heterocycles. The summed E-state index contributed by atoms with van der Waals surface area (Å²) >= 11 is 5.71. The molecule has 98 valence electrons. The first-order valence-corrected chi connectivity index (χ1v) is 5.80. The zero-order valence-electron chi connectivity index (χ0n) is 9.84. The van der Waals surface area contributed by atoms with Crippen molar-refractivity contribution in [3.8, 4) is 0 Å². The number of aromatic nitrogens is 2. The second-order valence-corrected chi connectivity index (χ2v) is 4.25. The molecule has 0 unspecified atom stereocenters. The largest absolute Gasteiger partial charge is 0.397 e. The highest BCUT2D eigenvalue weighted by Gasteiger charge is 2.07.